The van der Waals surface area contributed by atoms with E-state index in [1.807, 2.05) is 18.2 Å². The van der Waals surface area contributed by atoms with Crippen molar-refractivity contribution in [1.29, 1.82) is 0 Å². The lowest BCUT2D eigenvalue weighted by molar-refractivity contribution is -0.144. The minimum atomic E-state index is -0.100. The number of carbonyl (C=O) groups excluding carboxylic acids is 1. The largest absolute Gasteiger partial charge is 0.469 e. The van der Waals surface area contributed by atoms with Gasteiger partial charge in [-0.1, -0.05) is 6.07 Å². The predicted octanol–water partition coefficient (Wildman–Crippen LogP) is 1.51. The van der Waals surface area contributed by atoms with E-state index >= 15 is 0 Å². The number of esters is 1. The first-order chi connectivity index (χ1) is 9.22. The van der Waals surface area contributed by atoms with E-state index in [9.17, 15) is 4.79 Å². The van der Waals surface area contributed by atoms with Crippen molar-refractivity contribution in [1.82, 2.24) is 9.88 Å². The van der Waals surface area contributed by atoms with E-state index in [0.29, 0.717) is 0 Å². The number of rotatable bonds is 5. The summed E-state index contributed by atoms with van der Waals surface area (Å²) in [5.74, 6) is 0.822. The zero-order valence-corrected chi connectivity index (χ0v) is 11.6. The maximum Gasteiger partial charge on any atom is 0.310 e. The Balaban J connectivity index is 1.91. The van der Waals surface area contributed by atoms with Crippen LogP contribution in [-0.2, 0) is 16.1 Å². The van der Waals surface area contributed by atoms with E-state index in [4.69, 9.17) is 4.74 Å². The van der Waals surface area contributed by atoms with Gasteiger partial charge in [0, 0.05) is 19.6 Å². The number of anilines is 1. The molecular weight excluding hydrogens is 242 g/mol. The summed E-state index contributed by atoms with van der Waals surface area (Å²) in [4.78, 5) is 18.3. The quantitative estimate of drug-likeness (QED) is 0.816. The van der Waals surface area contributed by atoms with E-state index in [2.05, 4.69) is 22.1 Å². The molecule has 0 radical (unpaired) electrons. The molecule has 1 saturated heterocycles. The molecule has 1 N–H and O–H groups in total. The topological polar surface area (TPSA) is 54.5 Å². The molecule has 5 heteroatoms. The standard InChI is InChI=1S/C14H21N3O2/c1-3-15-13-6-4-5-12(16-13)10-17-8-7-11(9-17)14(18)19-2/h4-6,11H,3,7-10H2,1-2H3,(H,15,16). The highest BCUT2D eigenvalue weighted by Gasteiger charge is 2.28. The van der Waals surface area contributed by atoms with Crippen LogP contribution in [-0.4, -0.2) is 42.6 Å². The van der Waals surface area contributed by atoms with Crippen molar-refractivity contribution in [3.05, 3.63) is 23.9 Å². The summed E-state index contributed by atoms with van der Waals surface area (Å²) < 4.78 is 4.79. The van der Waals surface area contributed by atoms with Gasteiger partial charge in [0.05, 0.1) is 18.7 Å². The minimum Gasteiger partial charge on any atom is -0.469 e. The number of pyridine rings is 1. The van der Waals surface area contributed by atoms with Crippen molar-refractivity contribution in [3.63, 3.8) is 0 Å². The molecule has 0 spiro atoms. The van der Waals surface area contributed by atoms with E-state index in [1.165, 1.54) is 7.11 Å². The summed E-state index contributed by atoms with van der Waals surface area (Å²) in [6, 6.07) is 5.99. The number of hydrogen-bond donors (Lipinski definition) is 1. The summed E-state index contributed by atoms with van der Waals surface area (Å²) in [7, 11) is 1.45. The van der Waals surface area contributed by atoms with Crippen LogP contribution in [0.4, 0.5) is 5.82 Å². The molecule has 1 unspecified atom stereocenters. The molecule has 2 heterocycles. The molecule has 0 bridgehead atoms. The summed E-state index contributed by atoms with van der Waals surface area (Å²) >= 11 is 0. The number of ether oxygens (including phenoxy) is 1. The smallest absolute Gasteiger partial charge is 0.310 e. The molecule has 1 aromatic rings. The molecular formula is C14H21N3O2. The first-order valence-corrected chi connectivity index (χ1v) is 6.73. The minimum absolute atomic E-state index is 0.0157. The second-order valence-electron chi connectivity index (χ2n) is 4.79. The average Bonchev–Trinajstić information content (AvgIpc) is 2.87. The zero-order valence-electron chi connectivity index (χ0n) is 11.6. The van der Waals surface area contributed by atoms with Crippen molar-refractivity contribution < 1.29 is 9.53 Å². The Morgan fingerprint density at radius 3 is 3.16 bits per heavy atom. The van der Waals surface area contributed by atoms with Gasteiger partial charge in [0.1, 0.15) is 5.82 Å². The van der Waals surface area contributed by atoms with Crippen LogP contribution >= 0.6 is 0 Å². The maximum atomic E-state index is 11.5. The predicted molar refractivity (Wildman–Crippen MR) is 73.8 cm³/mol. The summed E-state index contributed by atoms with van der Waals surface area (Å²) in [6.07, 6.45) is 0.875. The number of likely N-dealkylation sites (tertiary alicyclic amines) is 1. The molecule has 104 valence electrons. The van der Waals surface area contributed by atoms with Gasteiger partial charge >= 0.3 is 5.97 Å². The molecule has 1 atom stereocenters. The Labute approximate surface area is 114 Å². The van der Waals surface area contributed by atoms with Crippen LogP contribution in [0.1, 0.15) is 19.0 Å². The van der Waals surface area contributed by atoms with Gasteiger partial charge in [0.25, 0.3) is 0 Å². The Morgan fingerprint density at radius 2 is 2.42 bits per heavy atom. The third-order valence-electron chi connectivity index (χ3n) is 3.36. The van der Waals surface area contributed by atoms with Crippen LogP contribution in [0, 0.1) is 5.92 Å². The molecule has 0 aliphatic carbocycles. The summed E-state index contributed by atoms with van der Waals surface area (Å²) in [5.41, 5.74) is 1.03. The van der Waals surface area contributed by atoms with Gasteiger partial charge in [-0.25, -0.2) is 4.98 Å². The zero-order chi connectivity index (χ0) is 13.7. The van der Waals surface area contributed by atoms with Crippen LogP contribution in [0.25, 0.3) is 0 Å². The van der Waals surface area contributed by atoms with Gasteiger partial charge in [-0.2, -0.15) is 0 Å². The molecule has 0 saturated carbocycles. The molecule has 19 heavy (non-hydrogen) atoms. The molecule has 0 aromatic carbocycles. The monoisotopic (exact) mass is 263 g/mol. The van der Waals surface area contributed by atoms with Crippen LogP contribution in [0.3, 0.4) is 0 Å². The molecule has 2 rings (SSSR count). The number of nitrogens with one attached hydrogen (secondary N) is 1. The van der Waals surface area contributed by atoms with Gasteiger partial charge in [0.2, 0.25) is 0 Å². The SMILES string of the molecule is CCNc1cccc(CN2CCC(C(=O)OC)C2)n1. The fourth-order valence-electron chi connectivity index (χ4n) is 2.41. The number of methoxy groups -OCH3 is 1. The third kappa shape index (κ3) is 3.67. The molecule has 0 amide bonds. The fraction of sp³-hybridized carbons (Fsp3) is 0.571. The van der Waals surface area contributed by atoms with Gasteiger partial charge in [-0.3, -0.25) is 9.69 Å². The average molecular weight is 263 g/mol. The molecule has 5 nitrogen and oxygen atoms in total. The highest BCUT2D eigenvalue weighted by atomic mass is 16.5. The Morgan fingerprint density at radius 1 is 1.58 bits per heavy atom. The third-order valence-corrected chi connectivity index (χ3v) is 3.36. The number of aromatic nitrogens is 1. The molecule has 1 aliphatic rings. The highest BCUT2D eigenvalue weighted by molar-refractivity contribution is 5.72. The van der Waals surface area contributed by atoms with Gasteiger partial charge < -0.3 is 10.1 Å². The fourth-order valence-corrected chi connectivity index (χ4v) is 2.41. The van der Waals surface area contributed by atoms with Gasteiger partial charge in [0.15, 0.2) is 0 Å². The Hall–Kier alpha value is -1.62. The second kappa shape index (κ2) is 6.52. The van der Waals surface area contributed by atoms with Crippen molar-refractivity contribution in [2.75, 3.05) is 32.1 Å². The van der Waals surface area contributed by atoms with Crippen molar-refractivity contribution >= 4 is 11.8 Å². The first kappa shape index (κ1) is 13.8. The summed E-state index contributed by atoms with van der Waals surface area (Å²) in [6.45, 7) is 5.39. The van der Waals surface area contributed by atoms with Crippen LogP contribution < -0.4 is 5.32 Å². The molecule has 1 fully saturated rings. The number of nitrogens with zero attached hydrogens (tertiary/aromatic N) is 2. The number of hydrogen-bond acceptors (Lipinski definition) is 5. The second-order valence-corrected chi connectivity index (χ2v) is 4.79. The van der Waals surface area contributed by atoms with E-state index in [-0.39, 0.29) is 11.9 Å². The van der Waals surface area contributed by atoms with Gasteiger partial charge in [-0.05, 0) is 32.0 Å². The normalized spacial score (nSPS) is 19.4. The number of carbonyl (C=O) groups is 1. The lowest BCUT2D eigenvalue weighted by atomic mass is 10.1. The lowest BCUT2D eigenvalue weighted by Crippen LogP contribution is -2.24. The Bertz CT molecular complexity index is 436. The highest BCUT2D eigenvalue weighted by Crippen LogP contribution is 2.19. The first-order valence-electron chi connectivity index (χ1n) is 6.73. The van der Waals surface area contributed by atoms with E-state index in [0.717, 1.165) is 44.1 Å². The van der Waals surface area contributed by atoms with Crippen LogP contribution in [0.2, 0.25) is 0 Å². The van der Waals surface area contributed by atoms with Crippen LogP contribution in [0.15, 0.2) is 18.2 Å². The van der Waals surface area contributed by atoms with Crippen LogP contribution in [0.5, 0.6) is 0 Å². The molecule has 1 aliphatic heterocycles. The van der Waals surface area contributed by atoms with Crippen molar-refractivity contribution in [2.45, 2.75) is 19.9 Å². The van der Waals surface area contributed by atoms with E-state index < -0.39 is 0 Å². The molecule has 1 aromatic heterocycles. The van der Waals surface area contributed by atoms with Gasteiger partial charge in [-0.15, -0.1) is 0 Å². The lowest BCUT2D eigenvalue weighted by Gasteiger charge is -2.15. The van der Waals surface area contributed by atoms with Crippen molar-refractivity contribution in [2.24, 2.45) is 5.92 Å². The maximum absolute atomic E-state index is 11.5. The van der Waals surface area contributed by atoms with Crippen molar-refractivity contribution in [3.8, 4) is 0 Å². The summed E-state index contributed by atoms with van der Waals surface area (Å²) in [5, 5.41) is 3.21. The Kier molecular flexibility index (Phi) is 4.74. The van der Waals surface area contributed by atoms with E-state index in [1.54, 1.807) is 0 Å².